The maximum absolute atomic E-state index is 5.85. The van der Waals surface area contributed by atoms with Crippen LogP contribution in [0.3, 0.4) is 0 Å². The number of aryl methyl sites for hydroxylation is 1. The van der Waals surface area contributed by atoms with Crippen molar-refractivity contribution in [1.29, 1.82) is 0 Å². The Morgan fingerprint density at radius 3 is 3.18 bits per heavy atom. The van der Waals surface area contributed by atoms with Crippen molar-refractivity contribution in [2.75, 3.05) is 18.8 Å². The van der Waals surface area contributed by atoms with Crippen LogP contribution in [0.2, 0.25) is 0 Å². The third kappa shape index (κ3) is 2.08. The Labute approximate surface area is 99.1 Å². The number of H-pyrrole nitrogens is 1. The Morgan fingerprint density at radius 2 is 2.35 bits per heavy atom. The van der Waals surface area contributed by atoms with Crippen molar-refractivity contribution >= 4 is 17.0 Å². The van der Waals surface area contributed by atoms with E-state index in [4.69, 9.17) is 5.73 Å². The molecule has 6 heteroatoms. The van der Waals surface area contributed by atoms with Gasteiger partial charge in [0.25, 0.3) is 0 Å². The number of nitrogens with one attached hydrogen (secondary N) is 2. The third-order valence-corrected chi connectivity index (χ3v) is 3.30. The monoisotopic (exact) mass is 232 g/mol. The molecule has 90 valence electrons. The van der Waals surface area contributed by atoms with E-state index in [0.717, 1.165) is 43.2 Å². The minimum Gasteiger partial charge on any atom is -0.382 e. The Bertz CT molecular complexity index is 514. The zero-order valence-electron chi connectivity index (χ0n) is 9.61. The molecular formula is C11H16N6. The van der Waals surface area contributed by atoms with Crippen molar-refractivity contribution in [2.45, 2.75) is 19.3 Å². The Balaban J connectivity index is 1.75. The average Bonchev–Trinajstić information content (AvgIpc) is 2.97. The van der Waals surface area contributed by atoms with Gasteiger partial charge in [0.1, 0.15) is 11.3 Å². The minimum absolute atomic E-state index is 0.493. The van der Waals surface area contributed by atoms with Crippen molar-refractivity contribution in [3.8, 4) is 0 Å². The van der Waals surface area contributed by atoms with Gasteiger partial charge in [-0.25, -0.2) is 15.0 Å². The number of anilines is 1. The summed E-state index contributed by atoms with van der Waals surface area (Å²) in [5.74, 6) is 2.04. The van der Waals surface area contributed by atoms with Crippen LogP contribution in [0.1, 0.15) is 18.7 Å². The van der Waals surface area contributed by atoms with Crippen molar-refractivity contribution in [3.05, 3.63) is 12.2 Å². The van der Waals surface area contributed by atoms with E-state index in [9.17, 15) is 0 Å². The number of hydrogen-bond acceptors (Lipinski definition) is 5. The molecule has 17 heavy (non-hydrogen) atoms. The lowest BCUT2D eigenvalue weighted by Crippen LogP contribution is -2.10. The smallest absolute Gasteiger partial charge is 0.183 e. The Kier molecular flexibility index (Phi) is 2.64. The molecule has 0 aliphatic carbocycles. The molecular weight excluding hydrogens is 216 g/mol. The van der Waals surface area contributed by atoms with E-state index in [-0.39, 0.29) is 0 Å². The predicted molar refractivity (Wildman–Crippen MR) is 65.4 cm³/mol. The summed E-state index contributed by atoms with van der Waals surface area (Å²) in [5.41, 5.74) is 7.25. The summed E-state index contributed by atoms with van der Waals surface area (Å²) in [4.78, 5) is 15.8. The Hall–Kier alpha value is -1.69. The topological polar surface area (TPSA) is 92.5 Å². The number of rotatable bonds is 3. The fraction of sp³-hybridized carbons (Fsp3) is 0.545. The lowest BCUT2D eigenvalue weighted by molar-refractivity contribution is 0.525. The number of nitrogens with zero attached hydrogens (tertiary/aromatic N) is 3. The standard InChI is InChI=1S/C11H16N6/c12-10-9-11(15-6-14-9)17-8(16-10)2-1-7-3-4-13-5-7/h6-7,13H,1-5H2,(H3,12,14,15,16,17)/t7-/m0/s1. The van der Waals surface area contributed by atoms with Gasteiger partial charge in [-0.1, -0.05) is 0 Å². The maximum Gasteiger partial charge on any atom is 0.183 e. The van der Waals surface area contributed by atoms with Gasteiger partial charge in [0, 0.05) is 6.42 Å². The molecule has 2 aromatic heterocycles. The second kappa shape index (κ2) is 4.29. The average molecular weight is 232 g/mol. The summed E-state index contributed by atoms with van der Waals surface area (Å²) >= 11 is 0. The second-order valence-electron chi connectivity index (χ2n) is 4.52. The predicted octanol–water partition coefficient (Wildman–Crippen LogP) is 0.477. The molecule has 4 N–H and O–H groups in total. The molecule has 2 aromatic rings. The summed E-state index contributed by atoms with van der Waals surface area (Å²) in [6, 6.07) is 0. The van der Waals surface area contributed by atoms with Crippen LogP contribution in [0.5, 0.6) is 0 Å². The molecule has 3 heterocycles. The number of nitrogens with two attached hydrogens (primary N) is 1. The molecule has 6 nitrogen and oxygen atoms in total. The molecule has 1 aliphatic rings. The number of nitrogen functional groups attached to an aromatic ring is 1. The number of fused-ring (bicyclic) bond motifs is 1. The minimum atomic E-state index is 0.493. The first-order valence-corrected chi connectivity index (χ1v) is 5.99. The first-order chi connectivity index (χ1) is 8.33. The van der Waals surface area contributed by atoms with Crippen molar-refractivity contribution in [3.63, 3.8) is 0 Å². The van der Waals surface area contributed by atoms with E-state index in [1.54, 1.807) is 6.33 Å². The number of aromatic nitrogens is 4. The van der Waals surface area contributed by atoms with Gasteiger partial charge >= 0.3 is 0 Å². The molecule has 0 aromatic carbocycles. The lowest BCUT2D eigenvalue weighted by Gasteiger charge is -2.07. The summed E-state index contributed by atoms with van der Waals surface area (Å²) in [6.45, 7) is 2.24. The van der Waals surface area contributed by atoms with Gasteiger partial charge in [0.05, 0.1) is 6.33 Å². The van der Waals surface area contributed by atoms with E-state index in [2.05, 4.69) is 25.3 Å². The zero-order chi connectivity index (χ0) is 11.7. The molecule has 0 amide bonds. The summed E-state index contributed by atoms with van der Waals surface area (Å²) < 4.78 is 0. The molecule has 3 rings (SSSR count). The van der Waals surface area contributed by atoms with E-state index >= 15 is 0 Å². The first-order valence-electron chi connectivity index (χ1n) is 5.99. The number of hydrogen-bond donors (Lipinski definition) is 3. The highest BCUT2D eigenvalue weighted by Crippen LogP contribution is 2.17. The summed E-state index contributed by atoms with van der Waals surface area (Å²) in [5, 5.41) is 3.36. The normalized spacial score (nSPS) is 20.1. The SMILES string of the molecule is Nc1nc(CC[C@H]2CCNC2)nc2nc[nH]c12. The molecule has 1 atom stereocenters. The van der Waals surface area contributed by atoms with Crippen LogP contribution in [0.15, 0.2) is 6.33 Å². The Morgan fingerprint density at radius 1 is 1.41 bits per heavy atom. The third-order valence-electron chi connectivity index (χ3n) is 3.30. The highest BCUT2D eigenvalue weighted by molar-refractivity contribution is 5.80. The van der Waals surface area contributed by atoms with Gasteiger partial charge in [-0.05, 0) is 31.8 Å². The largest absolute Gasteiger partial charge is 0.382 e. The second-order valence-corrected chi connectivity index (χ2v) is 4.52. The van der Waals surface area contributed by atoms with Crippen molar-refractivity contribution in [1.82, 2.24) is 25.3 Å². The first kappa shape index (κ1) is 10.5. The fourth-order valence-corrected chi connectivity index (χ4v) is 2.31. The van der Waals surface area contributed by atoms with Crippen LogP contribution >= 0.6 is 0 Å². The van der Waals surface area contributed by atoms with E-state index in [1.165, 1.54) is 6.42 Å². The van der Waals surface area contributed by atoms with Crippen LogP contribution in [0, 0.1) is 5.92 Å². The molecule has 0 bridgehead atoms. The molecule has 1 aliphatic heterocycles. The molecule has 0 unspecified atom stereocenters. The van der Waals surface area contributed by atoms with Gasteiger partial charge in [-0.3, -0.25) is 0 Å². The van der Waals surface area contributed by atoms with E-state index in [0.29, 0.717) is 11.5 Å². The zero-order valence-corrected chi connectivity index (χ0v) is 9.61. The van der Waals surface area contributed by atoms with Crippen LogP contribution < -0.4 is 11.1 Å². The van der Waals surface area contributed by atoms with Gasteiger partial charge in [0.15, 0.2) is 11.5 Å². The molecule has 0 spiro atoms. The van der Waals surface area contributed by atoms with Gasteiger partial charge < -0.3 is 16.0 Å². The quantitative estimate of drug-likeness (QED) is 0.715. The lowest BCUT2D eigenvalue weighted by atomic mass is 10.0. The van der Waals surface area contributed by atoms with Crippen molar-refractivity contribution in [2.24, 2.45) is 5.92 Å². The summed E-state index contributed by atoms with van der Waals surface area (Å²) in [6.07, 6.45) is 4.84. The maximum atomic E-state index is 5.85. The molecule has 1 fully saturated rings. The highest BCUT2D eigenvalue weighted by atomic mass is 15.0. The highest BCUT2D eigenvalue weighted by Gasteiger charge is 2.15. The van der Waals surface area contributed by atoms with Crippen LogP contribution in [0.4, 0.5) is 5.82 Å². The molecule has 0 saturated carbocycles. The fourth-order valence-electron chi connectivity index (χ4n) is 2.31. The van der Waals surface area contributed by atoms with Crippen LogP contribution in [-0.4, -0.2) is 33.0 Å². The van der Waals surface area contributed by atoms with Gasteiger partial charge in [0.2, 0.25) is 0 Å². The molecule has 1 saturated heterocycles. The number of imidazole rings is 1. The van der Waals surface area contributed by atoms with E-state index in [1.807, 2.05) is 0 Å². The molecule has 0 radical (unpaired) electrons. The number of aromatic amines is 1. The van der Waals surface area contributed by atoms with E-state index < -0.39 is 0 Å². The summed E-state index contributed by atoms with van der Waals surface area (Å²) in [7, 11) is 0. The van der Waals surface area contributed by atoms with Gasteiger partial charge in [-0.15, -0.1) is 0 Å². The van der Waals surface area contributed by atoms with Crippen LogP contribution in [-0.2, 0) is 6.42 Å². The van der Waals surface area contributed by atoms with Crippen molar-refractivity contribution < 1.29 is 0 Å². The van der Waals surface area contributed by atoms with Gasteiger partial charge in [-0.2, -0.15) is 0 Å². The van der Waals surface area contributed by atoms with Crippen LogP contribution in [0.25, 0.3) is 11.2 Å².